The molecule has 28 heavy (non-hydrogen) atoms. The predicted octanol–water partition coefficient (Wildman–Crippen LogP) is 4.54. The quantitative estimate of drug-likeness (QED) is 0.396. The van der Waals surface area contributed by atoms with Gasteiger partial charge in [-0.2, -0.15) is 0 Å². The Kier molecular flexibility index (Phi) is 6.95. The van der Waals surface area contributed by atoms with E-state index in [9.17, 15) is 4.79 Å². The van der Waals surface area contributed by atoms with Crippen molar-refractivity contribution < 1.29 is 14.3 Å². The normalized spacial score (nSPS) is 10.9. The van der Waals surface area contributed by atoms with E-state index < -0.39 is 0 Å². The number of ether oxygens (including phenoxy) is 2. The van der Waals surface area contributed by atoms with Crippen molar-refractivity contribution in [1.82, 2.24) is 14.8 Å². The fourth-order valence-electron chi connectivity index (χ4n) is 2.45. The molecular formula is C20H20ClN3O3S. The molecule has 1 heterocycles. The molecule has 0 spiro atoms. The fraction of sp³-hybridized carbons (Fsp3) is 0.250. The summed E-state index contributed by atoms with van der Waals surface area (Å²) in [6.45, 7) is 3.82. The number of aromatic nitrogens is 3. The number of carbonyl (C=O) groups is 1. The molecule has 0 aliphatic heterocycles. The molecule has 0 N–H and O–H groups in total. The van der Waals surface area contributed by atoms with Crippen LogP contribution in [0.2, 0.25) is 5.02 Å². The van der Waals surface area contributed by atoms with E-state index in [2.05, 4.69) is 10.2 Å². The molecule has 0 unspecified atom stereocenters. The molecule has 146 valence electrons. The first-order valence-corrected chi connectivity index (χ1v) is 10.1. The molecule has 6 nitrogen and oxygen atoms in total. The van der Waals surface area contributed by atoms with Crippen molar-refractivity contribution in [3.05, 3.63) is 65.4 Å². The first-order valence-electron chi connectivity index (χ1n) is 8.74. The molecule has 0 bridgehead atoms. The predicted molar refractivity (Wildman–Crippen MR) is 109 cm³/mol. The number of esters is 1. The Morgan fingerprint density at radius 1 is 1.11 bits per heavy atom. The molecule has 8 heteroatoms. The summed E-state index contributed by atoms with van der Waals surface area (Å²) in [6.07, 6.45) is -0.153. The third-order valence-electron chi connectivity index (χ3n) is 3.59. The number of hydrogen-bond acceptors (Lipinski definition) is 6. The van der Waals surface area contributed by atoms with Crippen LogP contribution in [0.25, 0.3) is 5.69 Å². The van der Waals surface area contributed by atoms with Gasteiger partial charge in [0.2, 0.25) is 0 Å². The van der Waals surface area contributed by atoms with E-state index in [-0.39, 0.29) is 24.4 Å². The molecule has 2 aromatic carbocycles. The number of benzene rings is 2. The second kappa shape index (κ2) is 9.61. The van der Waals surface area contributed by atoms with Gasteiger partial charge >= 0.3 is 5.97 Å². The smallest absolute Gasteiger partial charge is 0.316 e. The highest BCUT2D eigenvalue weighted by molar-refractivity contribution is 7.99. The van der Waals surface area contributed by atoms with Gasteiger partial charge in [-0.15, -0.1) is 10.2 Å². The Bertz CT molecular complexity index is 931. The van der Waals surface area contributed by atoms with Crippen LogP contribution in [-0.4, -0.2) is 32.6 Å². The lowest BCUT2D eigenvalue weighted by Gasteiger charge is -2.12. The summed E-state index contributed by atoms with van der Waals surface area (Å²) in [5, 5.41) is 9.60. The summed E-state index contributed by atoms with van der Waals surface area (Å²) in [7, 11) is 0. The summed E-state index contributed by atoms with van der Waals surface area (Å²) in [5.74, 6) is 1.03. The van der Waals surface area contributed by atoms with Crippen LogP contribution in [0.4, 0.5) is 0 Å². The van der Waals surface area contributed by atoms with Crippen LogP contribution in [0.3, 0.4) is 0 Å². The molecule has 0 radical (unpaired) electrons. The number of para-hydroxylation sites is 2. The van der Waals surface area contributed by atoms with Crippen LogP contribution >= 0.6 is 23.4 Å². The third kappa shape index (κ3) is 5.27. The van der Waals surface area contributed by atoms with Crippen LogP contribution < -0.4 is 4.74 Å². The highest BCUT2D eigenvalue weighted by Gasteiger charge is 2.17. The van der Waals surface area contributed by atoms with Crippen molar-refractivity contribution in [2.24, 2.45) is 0 Å². The zero-order valence-corrected chi connectivity index (χ0v) is 17.1. The van der Waals surface area contributed by atoms with Crippen LogP contribution in [0.1, 0.15) is 19.7 Å². The Morgan fingerprint density at radius 2 is 1.82 bits per heavy atom. The van der Waals surface area contributed by atoms with Crippen LogP contribution in [-0.2, 0) is 16.1 Å². The van der Waals surface area contributed by atoms with Gasteiger partial charge in [0.1, 0.15) is 12.4 Å². The van der Waals surface area contributed by atoms with E-state index >= 15 is 0 Å². The van der Waals surface area contributed by atoms with Crippen LogP contribution in [0, 0.1) is 0 Å². The monoisotopic (exact) mass is 417 g/mol. The van der Waals surface area contributed by atoms with Gasteiger partial charge in [-0.3, -0.25) is 9.36 Å². The van der Waals surface area contributed by atoms with Crippen molar-refractivity contribution in [2.45, 2.75) is 31.7 Å². The molecule has 0 aliphatic carbocycles. The van der Waals surface area contributed by atoms with Gasteiger partial charge in [0.05, 0.1) is 16.9 Å². The zero-order chi connectivity index (χ0) is 19.9. The Labute approximate surface area is 172 Å². The fourth-order valence-corrected chi connectivity index (χ4v) is 3.39. The molecular weight excluding hydrogens is 398 g/mol. The second-order valence-corrected chi connectivity index (χ2v) is 7.47. The number of nitrogens with zero attached hydrogens (tertiary/aromatic N) is 3. The largest absolute Gasteiger partial charge is 0.484 e. The van der Waals surface area contributed by atoms with Gasteiger partial charge in [-0.1, -0.05) is 53.7 Å². The standard InChI is InChI=1S/C20H20ClN3O3S/c1-14(2)27-19(25)13-28-20-23-22-18(24(20)15-8-4-3-5-9-15)12-26-17-11-7-6-10-16(17)21/h3-11,14H,12-13H2,1-2H3. The average molecular weight is 418 g/mol. The summed E-state index contributed by atoms with van der Waals surface area (Å²) in [4.78, 5) is 11.9. The molecule has 3 rings (SSSR count). The maximum absolute atomic E-state index is 11.9. The minimum atomic E-state index is -0.295. The van der Waals surface area contributed by atoms with E-state index in [0.29, 0.717) is 21.8 Å². The topological polar surface area (TPSA) is 66.2 Å². The molecule has 1 aromatic heterocycles. The average Bonchev–Trinajstić information content (AvgIpc) is 3.09. The number of thioether (sulfide) groups is 1. The first kappa shape index (κ1) is 20.2. The lowest BCUT2D eigenvalue weighted by molar-refractivity contribution is -0.144. The van der Waals surface area contributed by atoms with Gasteiger partial charge in [0.15, 0.2) is 11.0 Å². The van der Waals surface area contributed by atoms with Gasteiger partial charge in [-0.05, 0) is 38.1 Å². The van der Waals surface area contributed by atoms with Gasteiger partial charge in [0, 0.05) is 5.69 Å². The third-order valence-corrected chi connectivity index (χ3v) is 4.81. The summed E-state index contributed by atoms with van der Waals surface area (Å²) in [5.41, 5.74) is 0.880. The van der Waals surface area contributed by atoms with E-state index in [0.717, 1.165) is 5.69 Å². The number of hydrogen-bond donors (Lipinski definition) is 0. The number of halogens is 1. The summed E-state index contributed by atoms with van der Waals surface area (Å²) < 4.78 is 12.9. The Hall–Kier alpha value is -2.51. The molecule has 3 aromatic rings. The van der Waals surface area contributed by atoms with E-state index in [1.807, 2.05) is 60.9 Å². The molecule has 0 fully saturated rings. The first-order chi connectivity index (χ1) is 13.5. The molecule has 0 saturated heterocycles. The van der Waals surface area contributed by atoms with Gasteiger partial charge in [0.25, 0.3) is 0 Å². The molecule has 0 aliphatic rings. The van der Waals surface area contributed by atoms with Crippen molar-refractivity contribution >= 4 is 29.3 Å². The SMILES string of the molecule is CC(C)OC(=O)CSc1nnc(COc2ccccc2Cl)n1-c1ccccc1. The lowest BCUT2D eigenvalue weighted by atomic mass is 10.3. The van der Waals surface area contributed by atoms with E-state index in [1.165, 1.54) is 11.8 Å². The molecule has 0 atom stereocenters. The summed E-state index contributed by atoms with van der Waals surface area (Å²) >= 11 is 7.43. The molecule has 0 amide bonds. The van der Waals surface area contributed by atoms with Crippen molar-refractivity contribution in [3.8, 4) is 11.4 Å². The van der Waals surface area contributed by atoms with Crippen molar-refractivity contribution in [3.63, 3.8) is 0 Å². The van der Waals surface area contributed by atoms with Gasteiger partial charge < -0.3 is 9.47 Å². The summed E-state index contributed by atoms with van der Waals surface area (Å²) in [6, 6.07) is 16.9. The zero-order valence-electron chi connectivity index (χ0n) is 15.5. The minimum absolute atomic E-state index is 0.147. The van der Waals surface area contributed by atoms with Crippen molar-refractivity contribution in [1.29, 1.82) is 0 Å². The Morgan fingerprint density at radius 3 is 2.54 bits per heavy atom. The van der Waals surface area contributed by atoms with Crippen molar-refractivity contribution in [2.75, 3.05) is 5.75 Å². The van der Waals surface area contributed by atoms with Crippen LogP contribution in [0.5, 0.6) is 5.75 Å². The highest BCUT2D eigenvalue weighted by Crippen LogP contribution is 2.26. The second-order valence-electron chi connectivity index (χ2n) is 6.12. The van der Waals surface area contributed by atoms with Gasteiger partial charge in [-0.25, -0.2) is 0 Å². The number of carbonyl (C=O) groups excluding carboxylic acids is 1. The highest BCUT2D eigenvalue weighted by atomic mass is 35.5. The van der Waals surface area contributed by atoms with E-state index in [1.54, 1.807) is 12.1 Å². The minimum Gasteiger partial charge on any atom is -0.484 e. The maximum Gasteiger partial charge on any atom is 0.316 e. The molecule has 0 saturated carbocycles. The Balaban J connectivity index is 1.81. The number of rotatable bonds is 8. The maximum atomic E-state index is 11.9. The van der Waals surface area contributed by atoms with E-state index in [4.69, 9.17) is 21.1 Å². The van der Waals surface area contributed by atoms with Crippen LogP contribution in [0.15, 0.2) is 59.8 Å². The lowest BCUT2D eigenvalue weighted by Crippen LogP contribution is -2.14.